The molecule has 0 aliphatic heterocycles. The molecule has 0 amide bonds. The Hall–Kier alpha value is -1.65. The zero-order valence-electron chi connectivity index (χ0n) is 9.64. The maximum absolute atomic E-state index is 6.07. The molecular weight excluding hydrogens is 266 g/mol. The van der Waals surface area contributed by atoms with Gasteiger partial charge in [0.05, 0.1) is 9.90 Å². The highest BCUT2D eigenvalue weighted by Gasteiger charge is 2.11. The van der Waals surface area contributed by atoms with Gasteiger partial charge in [0.2, 0.25) is 0 Å². The van der Waals surface area contributed by atoms with Gasteiger partial charge >= 0.3 is 0 Å². The number of aryl methyl sites for hydroxylation is 1. The van der Waals surface area contributed by atoms with Crippen molar-refractivity contribution < 1.29 is 0 Å². The molecule has 0 atom stereocenters. The van der Waals surface area contributed by atoms with Crippen LogP contribution in [0.4, 0.5) is 0 Å². The molecule has 3 nitrogen and oxygen atoms in total. The zero-order valence-corrected chi connectivity index (χ0v) is 11.2. The lowest BCUT2D eigenvalue weighted by Crippen LogP contribution is -1.81. The van der Waals surface area contributed by atoms with Gasteiger partial charge in [0.25, 0.3) is 0 Å². The normalized spacial score (nSPS) is 10.8. The van der Waals surface area contributed by atoms with Crippen molar-refractivity contribution in [3.8, 4) is 22.1 Å². The van der Waals surface area contributed by atoms with Crippen molar-refractivity contribution in [1.82, 2.24) is 15.2 Å². The Balaban J connectivity index is 1.99. The molecule has 3 aromatic rings. The first kappa shape index (κ1) is 11.4. The van der Waals surface area contributed by atoms with Crippen LogP contribution in [0.5, 0.6) is 0 Å². The van der Waals surface area contributed by atoms with Gasteiger partial charge in [0.15, 0.2) is 11.6 Å². The van der Waals surface area contributed by atoms with Crippen molar-refractivity contribution in [1.29, 1.82) is 0 Å². The molecule has 2 heterocycles. The number of hydrogen-bond donors (Lipinski definition) is 1. The minimum Gasteiger partial charge on any atom is -0.258 e. The van der Waals surface area contributed by atoms with E-state index < -0.39 is 0 Å². The fraction of sp³-hybridized carbons (Fsp3) is 0.0769. The summed E-state index contributed by atoms with van der Waals surface area (Å²) in [5.74, 6) is 1.40. The van der Waals surface area contributed by atoms with Crippen LogP contribution >= 0.6 is 22.9 Å². The summed E-state index contributed by atoms with van der Waals surface area (Å²) < 4.78 is 0. The Kier molecular flexibility index (Phi) is 2.89. The predicted octanol–water partition coefficient (Wildman–Crippen LogP) is 4.16. The van der Waals surface area contributed by atoms with Gasteiger partial charge in [0, 0.05) is 5.56 Å². The maximum atomic E-state index is 6.07. The molecule has 3 rings (SSSR count). The summed E-state index contributed by atoms with van der Waals surface area (Å²) in [7, 11) is 0. The van der Waals surface area contributed by atoms with Crippen LogP contribution in [0.3, 0.4) is 0 Å². The number of nitrogens with one attached hydrogen (secondary N) is 1. The average molecular weight is 276 g/mol. The Morgan fingerprint density at radius 3 is 2.61 bits per heavy atom. The van der Waals surface area contributed by atoms with E-state index in [1.54, 1.807) is 11.3 Å². The van der Waals surface area contributed by atoms with E-state index in [1.165, 1.54) is 5.56 Å². The van der Waals surface area contributed by atoms with Crippen molar-refractivity contribution in [3.63, 3.8) is 0 Å². The van der Waals surface area contributed by atoms with E-state index in [0.29, 0.717) is 16.7 Å². The third-order valence-corrected chi connectivity index (χ3v) is 3.98. The van der Waals surface area contributed by atoms with Crippen molar-refractivity contribution in [3.05, 3.63) is 46.3 Å². The number of aromatic nitrogens is 3. The van der Waals surface area contributed by atoms with E-state index in [-0.39, 0.29) is 0 Å². The molecule has 0 fully saturated rings. The summed E-state index contributed by atoms with van der Waals surface area (Å²) in [6, 6.07) is 9.97. The van der Waals surface area contributed by atoms with Gasteiger partial charge in [-0.15, -0.1) is 11.3 Å². The second-order valence-corrected chi connectivity index (χ2v) is 5.29. The fourth-order valence-electron chi connectivity index (χ4n) is 1.66. The highest BCUT2D eigenvalue weighted by Crippen LogP contribution is 2.31. The second-order valence-electron chi connectivity index (χ2n) is 3.97. The molecule has 0 spiro atoms. The predicted molar refractivity (Wildman–Crippen MR) is 74.9 cm³/mol. The number of nitrogens with zero attached hydrogens (tertiary/aromatic N) is 2. The molecule has 0 bridgehead atoms. The first-order valence-corrected chi connectivity index (χ1v) is 6.72. The van der Waals surface area contributed by atoms with Gasteiger partial charge in [-0.25, -0.2) is 4.98 Å². The summed E-state index contributed by atoms with van der Waals surface area (Å²) >= 11 is 7.62. The van der Waals surface area contributed by atoms with E-state index in [0.717, 1.165) is 10.4 Å². The smallest absolute Gasteiger partial charge is 0.181 e. The molecule has 0 aliphatic rings. The molecule has 0 saturated heterocycles. The summed E-state index contributed by atoms with van der Waals surface area (Å²) in [5, 5.41) is 9.79. The minimum atomic E-state index is 0.689. The van der Waals surface area contributed by atoms with Crippen LogP contribution in [0.1, 0.15) is 5.56 Å². The van der Waals surface area contributed by atoms with Gasteiger partial charge in [-0.3, -0.25) is 5.10 Å². The lowest BCUT2D eigenvalue weighted by atomic mass is 10.1. The minimum absolute atomic E-state index is 0.689. The zero-order chi connectivity index (χ0) is 12.5. The third kappa shape index (κ3) is 2.05. The number of rotatable bonds is 2. The fourth-order valence-corrected chi connectivity index (χ4v) is 2.74. The highest BCUT2D eigenvalue weighted by molar-refractivity contribution is 7.14. The van der Waals surface area contributed by atoms with Crippen LogP contribution in [0.25, 0.3) is 22.1 Å². The standard InChI is InChI=1S/C13H10ClN3S/c1-8-2-4-9(5-3-8)12-15-13(17-16-12)11-10(14)6-7-18-11/h2-7H,1H3,(H,15,16,17). The SMILES string of the molecule is Cc1ccc(-c2n[nH]c(-c3sccc3Cl)n2)cc1. The van der Waals surface area contributed by atoms with Gasteiger partial charge < -0.3 is 0 Å². The van der Waals surface area contributed by atoms with E-state index in [2.05, 4.69) is 22.1 Å². The third-order valence-electron chi connectivity index (χ3n) is 2.63. The first-order chi connectivity index (χ1) is 8.74. The molecule has 0 unspecified atom stereocenters. The Morgan fingerprint density at radius 1 is 1.17 bits per heavy atom. The topological polar surface area (TPSA) is 41.6 Å². The highest BCUT2D eigenvalue weighted by atomic mass is 35.5. The van der Waals surface area contributed by atoms with E-state index >= 15 is 0 Å². The lowest BCUT2D eigenvalue weighted by Gasteiger charge is -1.95. The average Bonchev–Trinajstić information content (AvgIpc) is 2.98. The van der Waals surface area contributed by atoms with E-state index in [4.69, 9.17) is 11.6 Å². The van der Waals surface area contributed by atoms with Gasteiger partial charge in [-0.1, -0.05) is 41.4 Å². The van der Waals surface area contributed by atoms with Crippen LogP contribution in [-0.2, 0) is 0 Å². The number of halogens is 1. The van der Waals surface area contributed by atoms with Gasteiger partial charge in [0.1, 0.15) is 0 Å². The van der Waals surface area contributed by atoms with Crippen molar-refractivity contribution in [2.24, 2.45) is 0 Å². The summed E-state index contributed by atoms with van der Waals surface area (Å²) in [6.07, 6.45) is 0. The summed E-state index contributed by atoms with van der Waals surface area (Å²) in [6.45, 7) is 2.05. The van der Waals surface area contributed by atoms with Crippen LogP contribution in [0.2, 0.25) is 5.02 Å². The first-order valence-electron chi connectivity index (χ1n) is 5.47. The molecule has 5 heteroatoms. The van der Waals surface area contributed by atoms with Crippen molar-refractivity contribution in [2.75, 3.05) is 0 Å². The number of H-pyrrole nitrogens is 1. The molecule has 0 aliphatic carbocycles. The number of hydrogen-bond acceptors (Lipinski definition) is 3. The largest absolute Gasteiger partial charge is 0.258 e. The molecule has 2 aromatic heterocycles. The van der Waals surface area contributed by atoms with E-state index in [9.17, 15) is 0 Å². The number of aromatic amines is 1. The second kappa shape index (κ2) is 4.55. The molecular formula is C13H10ClN3S. The monoisotopic (exact) mass is 275 g/mol. The molecule has 0 radical (unpaired) electrons. The Morgan fingerprint density at radius 2 is 1.94 bits per heavy atom. The number of benzene rings is 1. The molecule has 18 heavy (non-hydrogen) atoms. The quantitative estimate of drug-likeness (QED) is 0.763. The van der Waals surface area contributed by atoms with Gasteiger partial charge in [-0.05, 0) is 18.4 Å². The summed E-state index contributed by atoms with van der Waals surface area (Å²) in [5.41, 5.74) is 2.21. The lowest BCUT2D eigenvalue weighted by molar-refractivity contribution is 1.10. The van der Waals surface area contributed by atoms with Crippen molar-refractivity contribution >= 4 is 22.9 Å². The van der Waals surface area contributed by atoms with Crippen LogP contribution in [0, 0.1) is 6.92 Å². The van der Waals surface area contributed by atoms with Crippen molar-refractivity contribution in [2.45, 2.75) is 6.92 Å². The van der Waals surface area contributed by atoms with Crippen LogP contribution in [0.15, 0.2) is 35.7 Å². The van der Waals surface area contributed by atoms with Crippen LogP contribution in [-0.4, -0.2) is 15.2 Å². The van der Waals surface area contributed by atoms with Gasteiger partial charge in [-0.2, -0.15) is 5.10 Å². The molecule has 90 valence electrons. The summed E-state index contributed by atoms with van der Waals surface area (Å²) in [4.78, 5) is 5.39. The molecule has 1 N–H and O–H groups in total. The Labute approximate surface area is 113 Å². The number of thiophene rings is 1. The Bertz CT molecular complexity index is 670. The maximum Gasteiger partial charge on any atom is 0.181 e. The molecule has 0 saturated carbocycles. The van der Waals surface area contributed by atoms with Crippen LogP contribution < -0.4 is 0 Å². The van der Waals surface area contributed by atoms with E-state index in [1.807, 2.05) is 35.7 Å². The molecule has 1 aromatic carbocycles.